The summed E-state index contributed by atoms with van der Waals surface area (Å²) in [6.45, 7) is -0.363. The molecule has 3 atom stereocenters. The molecule has 192 valence electrons. The van der Waals surface area contributed by atoms with Crippen LogP contribution in [0.4, 0.5) is 4.39 Å². The standard InChI is InChI=1S/C27H26ClFN4O4/c1-36-23(15-34)25(26(37-2)20-8-3-4-13-30-20)31-27(35)18-6-5-7-19(28)24(18)22-14-21(32-33-22)16-9-11-17(29)12-10-16/h3-14,23,25-26,34H,15H2,1-2H3,(H,31,35)(H,32,33)/t23-,25+,26?/m1/s1. The Balaban J connectivity index is 1.69. The average Bonchev–Trinajstić information content (AvgIpc) is 3.40. The van der Waals surface area contributed by atoms with E-state index >= 15 is 0 Å². The van der Waals surface area contributed by atoms with Gasteiger partial charge in [-0.25, -0.2) is 4.39 Å². The number of pyridine rings is 1. The number of amides is 1. The lowest BCUT2D eigenvalue weighted by molar-refractivity contribution is -0.0342. The topological polar surface area (TPSA) is 109 Å². The van der Waals surface area contributed by atoms with Gasteiger partial charge in [0, 0.05) is 31.5 Å². The molecule has 0 aliphatic carbocycles. The maximum atomic E-state index is 13.6. The van der Waals surface area contributed by atoms with Crippen molar-refractivity contribution in [3.05, 3.63) is 95.0 Å². The van der Waals surface area contributed by atoms with Crippen LogP contribution in [-0.4, -0.2) is 59.2 Å². The summed E-state index contributed by atoms with van der Waals surface area (Å²) in [7, 11) is 2.94. The first-order chi connectivity index (χ1) is 18.0. The number of H-pyrrole nitrogens is 1. The van der Waals surface area contributed by atoms with Crippen molar-refractivity contribution in [1.82, 2.24) is 20.5 Å². The Hall–Kier alpha value is -3.63. The second-order valence-corrected chi connectivity index (χ2v) is 8.61. The van der Waals surface area contributed by atoms with Crippen molar-refractivity contribution < 1.29 is 23.8 Å². The van der Waals surface area contributed by atoms with Crippen molar-refractivity contribution in [2.24, 2.45) is 0 Å². The third kappa shape index (κ3) is 5.86. The fourth-order valence-electron chi connectivity index (χ4n) is 4.13. The van der Waals surface area contributed by atoms with Crippen molar-refractivity contribution in [2.45, 2.75) is 18.2 Å². The highest BCUT2D eigenvalue weighted by Crippen LogP contribution is 2.33. The van der Waals surface area contributed by atoms with Crippen LogP contribution in [0.5, 0.6) is 0 Å². The molecule has 4 aromatic rings. The van der Waals surface area contributed by atoms with Crippen molar-refractivity contribution in [3.8, 4) is 22.5 Å². The lowest BCUT2D eigenvalue weighted by Gasteiger charge is -2.31. The third-order valence-electron chi connectivity index (χ3n) is 5.99. The fourth-order valence-corrected chi connectivity index (χ4v) is 4.40. The smallest absolute Gasteiger partial charge is 0.252 e. The molecular formula is C27H26ClFN4O4. The molecule has 10 heteroatoms. The number of nitrogens with one attached hydrogen (secondary N) is 2. The third-order valence-corrected chi connectivity index (χ3v) is 6.30. The van der Waals surface area contributed by atoms with Gasteiger partial charge in [-0.2, -0.15) is 5.10 Å². The molecule has 0 aliphatic heterocycles. The summed E-state index contributed by atoms with van der Waals surface area (Å²) in [5.74, 6) is -0.814. The summed E-state index contributed by atoms with van der Waals surface area (Å²) in [5.41, 5.74) is 3.04. The maximum Gasteiger partial charge on any atom is 0.252 e. The number of aliphatic hydroxyl groups is 1. The van der Waals surface area contributed by atoms with Crippen molar-refractivity contribution in [3.63, 3.8) is 0 Å². The first-order valence-corrected chi connectivity index (χ1v) is 11.8. The number of halogens is 2. The summed E-state index contributed by atoms with van der Waals surface area (Å²) in [5, 5.41) is 20.5. The molecular weight excluding hydrogens is 499 g/mol. The Morgan fingerprint density at radius 1 is 1.11 bits per heavy atom. The van der Waals surface area contributed by atoms with E-state index in [9.17, 15) is 14.3 Å². The number of aliphatic hydroxyl groups excluding tert-OH is 1. The van der Waals surface area contributed by atoms with E-state index in [1.165, 1.54) is 26.4 Å². The van der Waals surface area contributed by atoms with Gasteiger partial charge in [-0.05, 0) is 54.6 Å². The quantitative estimate of drug-likeness (QED) is 0.283. The van der Waals surface area contributed by atoms with E-state index in [0.717, 1.165) is 0 Å². The van der Waals surface area contributed by atoms with Crippen molar-refractivity contribution in [2.75, 3.05) is 20.8 Å². The molecule has 8 nitrogen and oxygen atoms in total. The molecule has 1 unspecified atom stereocenters. The largest absolute Gasteiger partial charge is 0.394 e. The number of rotatable bonds is 10. The van der Waals surface area contributed by atoms with Gasteiger partial charge in [-0.1, -0.05) is 23.7 Å². The van der Waals surface area contributed by atoms with Crippen LogP contribution in [0.15, 0.2) is 72.9 Å². The number of aromatic amines is 1. The van der Waals surface area contributed by atoms with Gasteiger partial charge in [0.1, 0.15) is 18.0 Å². The van der Waals surface area contributed by atoms with Crippen molar-refractivity contribution >= 4 is 17.5 Å². The molecule has 0 saturated heterocycles. The number of carbonyl (C=O) groups is 1. The number of hydrogen-bond acceptors (Lipinski definition) is 6. The van der Waals surface area contributed by atoms with E-state index in [1.54, 1.807) is 60.8 Å². The summed E-state index contributed by atoms with van der Waals surface area (Å²) >= 11 is 6.55. The molecule has 0 radical (unpaired) electrons. The van der Waals surface area contributed by atoms with Crippen LogP contribution in [0.25, 0.3) is 22.5 Å². The van der Waals surface area contributed by atoms with E-state index in [1.807, 2.05) is 0 Å². The van der Waals surface area contributed by atoms with Gasteiger partial charge in [0.2, 0.25) is 0 Å². The first kappa shape index (κ1) is 26.4. The van der Waals surface area contributed by atoms with Crippen LogP contribution in [0, 0.1) is 5.82 Å². The van der Waals surface area contributed by atoms with Crippen LogP contribution in [0.3, 0.4) is 0 Å². The van der Waals surface area contributed by atoms with Crippen LogP contribution in [0.1, 0.15) is 22.2 Å². The van der Waals surface area contributed by atoms with E-state index < -0.39 is 24.2 Å². The minimum Gasteiger partial charge on any atom is -0.394 e. The molecule has 0 aliphatic rings. The molecule has 0 bridgehead atoms. The zero-order valence-electron chi connectivity index (χ0n) is 20.2. The summed E-state index contributed by atoms with van der Waals surface area (Å²) < 4.78 is 24.5. The van der Waals surface area contributed by atoms with Gasteiger partial charge in [0.05, 0.1) is 40.3 Å². The number of ether oxygens (including phenoxy) is 2. The SMILES string of the molecule is COC(c1ccccn1)[C@@H](NC(=O)c1cccc(Cl)c1-c1cc(-c2ccc(F)cc2)n[nH]1)[C@@H](CO)OC. The van der Waals surface area contributed by atoms with Gasteiger partial charge in [-0.3, -0.25) is 14.9 Å². The summed E-state index contributed by atoms with van der Waals surface area (Å²) in [4.78, 5) is 18.0. The Labute approximate surface area is 218 Å². The lowest BCUT2D eigenvalue weighted by atomic mass is 9.98. The average molecular weight is 525 g/mol. The summed E-state index contributed by atoms with van der Waals surface area (Å²) in [6, 6.07) is 17.2. The van der Waals surface area contributed by atoms with Gasteiger partial charge in [0.15, 0.2) is 0 Å². The predicted octanol–water partition coefficient (Wildman–Crippen LogP) is 4.42. The van der Waals surface area contributed by atoms with E-state index in [4.69, 9.17) is 21.1 Å². The van der Waals surface area contributed by atoms with Crippen molar-refractivity contribution in [1.29, 1.82) is 0 Å². The molecule has 2 heterocycles. The predicted molar refractivity (Wildman–Crippen MR) is 138 cm³/mol. The molecule has 4 rings (SSSR count). The molecule has 2 aromatic carbocycles. The highest BCUT2D eigenvalue weighted by atomic mass is 35.5. The zero-order valence-corrected chi connectivity index (χ0v) is 20.9. The molecule has 0 saturated carbocycles. The Morgan fingerprint density at radius 2 is 1.89 bits per heavy atom. The van der Waals surface area contributed by atoms with E-state index in [2.05, 4.69) is 20.5 Å². The monoisotopic (exact) mass is 524 g/mol. The molecule has 0 spiro atoms. The molecule has 0 fully saturated rings. The Morgan fingerprint density at radius 3 is 2.54 bits per heavy atom. The van der Waals surface area contributed by atoms with Crippen LogP contribution in [-0.2, 0) is 9.47 Å². The van der Waals surface area contributed by atoms with Crippen LogP contribution in [0.2, 0.25) is 5.02 Å². The number of nitrogens with zero attached hydrogens (tertiary/aromatic N) is 2. The Kier molecular flexibility index (Phi) is 8.62. The minimum atomic E-state index is -0.786. The van der Waals surface area contributed by atoms with Crippen LogP contribution < -0.4 is 5.32 Å². The Bertz CT molecular complexity index is 1330. The first-order valence-electron chi connectivity index (χ1n) is 11.4. The summed E-state index contributed by atoms with van der Waals surface area (Å²) in [6.07, 6.45) is 0.130. The highest BCUT2D eigenvalue weighted by Gasteiger charge is 2.34. The number of hydrogen-bond donors (Lipinski definition) is 3. The molecule has 3 N–H and O–H groups in total. The molecule has 2 aromatic heterocycles. The second kappa shape index (κ2) is 12.1. The van der Waals surface area contributed by atoms with Crippen LogP contribution >= 0.6 is 11.6 Å². The highest BCUT2D eigenvalue weighted by molar-refractivity contribution is 6.34. The second-order valence-electron chi connectivity index (χ2n) is 8.20. The normalized spacial score (nSPS) is 13.6. The van der Waals surface area contributed by atoms with E-state index in [-0.39, 0.29) is 18.0 Å². The van der Waals surface area contributed by atoms with Gasteiger partial charge < -0.3 is 19.9 Å². The maximum absolute atomic E-state index is 13.6. The number of carbonyl (C=O) groups excluding carboxylic acids is 1. The van der Waals surface area contributed by atoms with Gasteiger partial charge >= 0.3 is 0 Å². The fraction of sp³-hybridized carbons (Fsp3) is 0.222. The molecule has 37 heavy (non-hydrogen) atoms. The molecule has 1 amide bonds. The van der Waals surface area contributed by atoms with E-state index in [0.29, 0.717) is 33.2 Å². The zero-order chi connectivity index (χ0) is 26.4. The number of benzene rings is 2. The minimum absolute atomic E-state index is 0.274. The van der Waals surface area contributed by atoms with Gasteiger partial charge in [0.25, 0.3) is 5.91 Å². The number of aromatic nitrogens is 3. The lowest BCUT2D eigenvalue weighted by Crippen LogP contribution is -2.50. The number of methoxy groups -OCH3 is 2. The van der Waals surface area contributed by atoms with Gasteiger partial charge in [-0.15, -0.1) is 0 Å².